The predicted molar refractivity (Wildman–Crippen MR) is 60.1 cm³/mol. The number of halogens is 1. The fourth-order valence-electron chi connectivity index (χ4n) is 1.87. The van der Waals surface area contributed by atoms with Gasteiger partial charge in [0.2, 0.25) is 0 Å². The molecule has 1 aliphatic carbocycles. The average molecular weight is 208 g/mol. The Labute approximate surface area is 90.4 Å². The van der Waals surface area contributed by atoms with E-state index in [0.717, 1.165) is 31.9 Å². The molecule has 0 atom stereocenters. The van der Waals surface area contributed by atoms with Crippen molar-refractivity contribution >= 4 is 0 Å². The van der Waals surface area contributed by atoms with Gasteiger partial charge in [-0.25, -0.2) is 4.39 Å². The maximum atomic E-state index is 13.0. The molecular weight excluding hydrogens is 191 g/mol. The Morgan fingerprint density at radius 3 is 2.60 bits per heavy atom. The zero-order valence-electron chi connectivity index (χ0n) is 9.12. The minimum absolute atomic E-state index is 0.0598. The minimum atomic E-state index is -0.0598. The highest BCUT2D eigenvalue weighted by Crippen LogP contribution is 2.16. The van der Waals surface area contributed by atoms with E-state index in [1.165, 1.54) is 0 Å². The molecule has 2 aliphatic rings. The average Bonchev–Trinajstić information content (AvgIpc) is 2.44. The van der Waals surface area contributed by atoms with E-state index in [-0.39, 0.29) is 5.83 Å². The van der Waals surface area contributed by atoms with E-state index in [1.54, 1.807) is 6.08 Å². The lowest BCUT2D eigenvalue weighted by Gasteiger charge is -2.34. The first-order valence-electron chi connectivity index (χ1n) is 5.42. The summed E-state index contributed by atoms with van der Waals surface area (Å²) in [6.45, 7) is 4.22. The minimum Gasteiger partial charge on any atom is -0.369 e. The summed E-state index contributed by atoms with van der Waals surface area (Å²) >= 11 is 0. The Morgan fingerprint density at radius 2 is 1.87 bits per heavy atom. The van der Waals surface area contributed by atoms with Crippen molar-refractivity contribution in [1.29, 1.82) is 0 Å². The molecule has 0 aromatic carbocycles. The molecule has 82 valence electrons. The van der Waals surface area contributed by atoms with Crippen LogP contribution in [0.15, 0.2) is 35.8 Å². The smallest absolute Gasteiger partial charge is 0.104 e. The van der Waals surface area contributed by atoms with Gasteiger partial charge in [-0.3, -0.25) is 0 Å². The number of rotatable bonds is 1. The molecule has 1 heterocycles. The third-order valence-electron chi connectivity index (χ3n) is 2.90. The molecule has 1 saturated heterocycles. The topological polar surface area (TPSA) is 6.48 Å². The third-order valence-corrected chi connectivity index (χ3v) is 2.90. The molecule has 2 rings (SSSR count). The second kappa shape index (κ2) is 4.62. The number of piperazine rings is 1. The third kappa shape index (κ3) is 2.69. The van der Waals surface area contributed by atoms with E-state index in [9.17, 15) is 4.39 Å². The Morgan fingerprint density at radius 1 is 1.13 bits per heavy atom. The quantitative estimate of drug-likeness (QED) is 0.649. The van der Waals surface area contributed by atoms with Crippen molar-refractivity contribution in [3.05, 3.63) is 35.8 Å². The van der Waals surface area contributed by atoms with Gasteiger partial charge in [-0.1, -0.05) is 6.08 Å². The molecule has 3 heteroatoms. The van der Waals surface area contributed by atoms with Gasteiger partial charge in [0.1, 0.15) is 5.83 Å². The largest absolute Gasteiger partial charge is 0.369 e. The van der Waals surface area contributed by atoms with Crippen molar-refractivity contribution in [3.8, 4) is 0 Å². The first-order chi connectivity index (χ1) is 7.25. The molecule has 0 spiro atoms. The summed E-state index contributed by atoms with van der Waals surface area (Å²) in [4.78, 5) is 4.62. The van der Waals surface area contributed by atoms with Crippen molar-refractivity contribution < 1.29 is 4.39 Å². The van der Waals surface area contributed by atoms with Crippen LogP contribution in [0.5, 0.6) is 0 Å². The van der Waals surface area contributed by atoms with Crippen LogP contribution in [-0.4, -0.2) is 43.0 Å². The van der Waals surface area contributed by atoms with Gasteiger partial charge >= 0.3 is 0 Å². The molecule has 1 aliphatic heterocycles. The maximum Gasteiger partial charge on any atom is 0.104 e. The van der Waals surface area contributed by atoms with Crippen molar-refractivity contribution in [2.45, 2.75) is 6.42 Å². The summed E-state index contributed by atoms with van der Waals surface area (Å²) in [6.07, 6.45) is 7.79. The van der Waals surface area contributed by atoms with E-state index in [4.69, 9.17) is 0 Å². The van der Waals surface area contributed by atoms with Gasteiger partial charge in [-0.15, -0.1) is 0 Å². The molecule has 0 bridgehead atoms. The summed E-state index contributed by atoms with van der Waals surface area (Å²) in [5, 5.41) is 0. The first-order valence-corrected chi connectivity index (χ1v) is 5.42. The zero-order valence-corrected chi connectivity index (χ0v) is 9.12. The predicted octanol–water partition coefficient (Wildman–Crippen LogP) is 1.93. The van der Waals surface area contributed by atoms with Crippen LogP contribution in [0.25, 0.3) is 0 Å². The number of allylic oxidation sites excluding steroid dienone is 5. The number of hydrogen-bond acceptors (Lipinski definition) is 2. The zero-order chi connectivity index (χ0) is 10.7. The normalized spacial score (nSPS) is 23.5. The second-order valence-corrected chi connectivity index (χ2v) is 4.10. The lowest BCUT2D eigenvalue weighted by atomic mass is 10.2. The Bertz CT molecular complexity index is 310. The van der Waals surface area contributed by atoms with E-state index >= 15 is 0 Å². The summed E-state index contributed by atoms with van der Waals surface area (Å²) in [5.74, 6) is -0.0598. The number of nitrogens with zero attached hydrogens (tertiary/aromatic N) is 2. The lowest BCUT2D eigenvalue weighted by Crippen LogP contribution is -2.43. The number of likely N-dealkylation sites (N-methyl/N-ethyl adjacent to an activating group) is 1. The summed E-state index contributed by atoms with van der Waals surface area (Å²) in [5.41, 5.74) is 1.13. The molecule has 0 radical (unpaired) electrons. The maximum absolute atomic E-state index is 13.0. The molecule has 0 amide bonds. The molecule has 2 nitrogen and oxygen atoms in total. The van der Waals surface area contributed by atoms with Gasteiger partial charge in [0.25, 0.3) is 0 Å². The van der Waals surface area contributed by atoms with Crippen LogP contribution in [-0.2, 0) is 0 Å². The van der Waals surface area contributed by atoms with Crippen LogP contribution in [0.2, 0.25) is 0 Å². The van der Waals surface area contributed by atoms with E-state index < -0.39 is 0 Å². The SMILES string of the molecule is CN1CCN(C2=CC=C(F)CC=C2)CC1. The number of hydrogen-bond donors (Lipinski definition) is 0. The summed E-state index contributed by atoms with van der Waals surface area (Å²) in [7, 11) is 2.13. The Hall–Kier alpha value is -1.09. The highest BCUT2D eigenvalue weighted by atomic mass is 19.1. The van der Waals surface area contributed by atoms with Crippen molar-refractivity contribution in [2.24, 2.45) is 0 Å². The van der Waals surface area contributed by atoms with Gasteiger partial charge in [0.05, 0.1) is 0 Å². The van der Waals surface area contributed by atoms with Crippen molar-refractivity contribution in [3.63, 3.8) is 0 Å². The summed E-state index contributed by atoms with van der Waals surface area (Å²) in [6, 6.07) is 0. The van der Waals surface area contributed by atoms with E-state index in [0.29, 0.717) is 6.42 Å². The molecule has 1 fully saturated rings. The van der Waals surface area contributed by atoms with Gasteiger partial charge < -0.3 is 9.80 Å². The Balaban J connectivity index is 2.04. The fourth-order valence-corrected chi connectivity index (χ4v) is 1.87. The van der Waals surface area contributed by atoms with E-state index in [1.807, 2.05) is 18.2 Å². The Kier molecular flexibility index (Phi) is 3.21. The molecule has 0 saturated carbocycles. The van der Waals surface area contributed by atoms with Gasteiger partial charge in [-0.05, 0) is 25.3 Å². The molecular formula is C12H17FN2. The summed E-state index contributed by atoms with van der Waals surface area (Å²) < 4.78 is 13.0. The molecule has 15 heavy (non-hydrogen) atoms. The molecule has 0 aromatic heterocycles. The van der Waals surface area contributed by atoms with Crippen LogP contribution in [0, 0.1) is 0 Å². The first kappa shape index (κ1) is 10.4. The molecule has 0 unspecified atom stereocenters. The van der Waals surface area contributed by atoms with Gasteiger partial charge in [-0.2, -0.15) is 0 Å². The van der Waals surface area contributed by atoms with Crippen LogP contribution < -0.4 is 0 Å². The van der Waals surface area contributed by atoms with Gasteiger partial charge in [0.15, 0.2) is 0 Å². The van der Waals surface area contributed by atoms with E-state index in [2.05, 4.69) is 16.8 Å². The molecule has 0 aromatic rings. The van der Waals surface area contributed by atoms with Crippen LogP contribution >= 0.6 is 0 Å². The highest BCUT2D eigenvalue weighted by molar-refractivity contribution is 5.28. The van der Waals surface area contributed by atoms with Crippen LogP contribution in [0.3, 0.4) is 0 Å². The standard InChI is InChI=1S/C12H17FN2/c1-14-7-9-15(10-8-14)12-4-2-3-11(13)5-6-12/h2,4-6H,3,7-10H2,1H3. The highest BCUT2D eigenvalue weighted by Gasteiger charge is 2.14. The van der Waals surface area contributed by atoms with Gasteiger partial charge in [0, 0.05) is 38.3 Å². The van der Waals surface area contributed by atoms with Crippen LogP contribution in [0.4, 0.5) is 4.39 Å². The monoisotopic (exact) mass is 208 g/mol. The second-order valence-electron chi connectivity index (χ2n) is 4.10. The van der Waals surface area contributed by atoms with Crippen LogP contribution in [0.1, 0.15) is 6.42 Å². The van der Waals surface area contributed by atoms with Crippen molar-refractivity contribution in [2.75, 3.05) is 33.2 Å². The molecule has 0 N–H and O–H groups in total. The van der Waals surface area contributed by atoms with Crippen molar-refractivity contribution in [1.82, 2.24) is 9.80 Å². The lowest BCUT2D eigenvalue weighted by molar-refractivity contribution is 0.190. The fraction of sp³-hybridized carbons (Fsp3) is 0.500.